The number of nitrogens with two attached hydrogens (primary N) is 1. The van der Waals surface area contributed by atoms with E-state index in [2.05, 4.69) is 36.8 Å². The SMILES string of the molecule is CC1CN(c2nc3c(cc2C(=N)N)CCC3)CC(C)N1C. The number of hydrogen-bond donors (Lipinski definition) is 2. The Morgan fingerprint density at radius 1 is 1.29 bits per heavy atom. The number of aromatic nitrogens is 1. The lowest BCUT2D eigenvalue weighted by molar-refractivity contribution is 0.169. The third kappa shape index (κ3) is 2.50. The third-order valence-corrected chi connectivity index (χ3v) is 4.98. The van der Waals surface area contributed by atoms with Crippen molar-refractivity contribution in [3.8, 4) is 0 Å². The summed E-state index contributed by atoms with van der Waals surface area (Å²) < 4.78 is 0. The lowest BCUT2D eigenvalue weighted by Gasteiger charge is -2.43. The minimum Gasteiger partial charge on any atom is -0.384 e. The fourth-order valence-electron chi connectivity index (χ4n) is 3.48. The van der Waals surface area contributed by atoms with Crippen molar-refractivity contribution in [1.29, 1.82) is 5.41 Å². The molecule has 0 bridgehead atoms. The molecule has 5 heteroatoms. The predicted octanol–water partition coefficient (Wildman–Crippen LogP) is 1.38. The number of nitrogen functional groups attached to an aromatic ring is 1. The number of fused-ring (bicyclic) bond motifs is 1. The van der Waals surface area contributed by atoms with E-state index in [1.807, 2.05) is 0 Å². The van der Waals surface area contributed by atoms with Crippen LogP contribution in [0.15, 0.2) is 6.07 Å². The van der Waals surface area contributed by atoms with E-state index in [4.69, 9.17) is 16.1 Å². The molecular formula is C16H25N5. The molecule has 2 atom stereocenters. The van der Waals surface area contributed by atoms with Crippen LogP contribution in [0.2, 0.25) is 0 Å². The lowest BCUT2D eigenvalue weighted by Crippen LogP contribution is -2.55. The predicted molar refractivity (Wildman–Crippen MR) is 86.2 cm³/mol. The normalized spacial score (nSPS) is 26.0. The van der Waals surface area contributed by atoms with Gasteiger partial charge in [0.15, 0.2) is 0 Å². The van der Waals surface area contributed by atoms with E-state index in [-0.39, 0.29) is 5.84 Å². The highest BCUT2D eigenvalue weighted by Gasteiger charge is 2.30. The summed E-state index contributed by atoms with van der Waals surface area (Å²) in [6, 6.07) is 3.05. The minimum atomic E-state index is 0.131. The number of pyridine rings is 1. The number of piperazine rings is 1. The molecule has 1 aromatic rings. The van der Waals surface area contributed by atoms with Crippen LogP contribution in [0.4, 0.5) is 5.82 Å². The second kappa shape index (κ2) is 5.30. The van der Waals surface area contributed by atoms with Gasteiger partial charge in [-0.1, -0.05) is 0 Å². The molecular weight excluding hydrogens is 262 g/mol. The van der Waals surface area contributed by atoms with Crippen LogP contribution >= 0.6 is 0 Å². The first kappa shape index (κ1) is 14.3. The van der Waals surface area contributed by atoms with Crippen molar-refractivity contribution >= 4 is 11.7 Å². The average Bonchev–Trinajstić information content (AvgIpc) is 2.90. The molecule has 1 aromatic heterocycles. The van der Waals surface area contributed by atoms with Crippen molar-refractivity contribution in [2.24, 2.45) is 5.73 Å². The first-order valence-corrected chi connectivity index (χ1v) is 7.81. The summed E-state index contributed by atoms with van der Waals surface area (Å²) >= 11 is 0. The maximum Gasteiger partial charge on any atom is 0.139 e. The van der Waals surface area contributed by atoms with Gasteiger partial charge in [0, 0.05) is 30.9 Å². The van der Waals surface area contributed by atoms with E-state index in [1.54, 1.807) is 0 Å². The molecule has 0 amide bonds. The molecule has 3 rings (SSSR count). The van der Waals surface area contributed by atoms with Crippen molar-refractivity contribution in [1.82, 2.24) is 9.88 Å². The van der Waals surface area contributed by atoms with Crippen molar-refractivity contribution in [3.05, 3.63) is 22.9 Å². The molecule has 1 saturated heterocycles. The summed E-state index contributed by atoms with van der Waals surface area (Å²) in [6.07, 6.45) is 3.29. The second-order valence-electron chi connectivity index (χ2n) is 6.50. The van der Waals surface area contributed by atoms with Crippen LogP contribution in [0.1, 0.15) is 37.1 Å². The number of anilines is 1. The second-order valence-corrected chi connectivity index (χ2v) is 6.50. The van der Waals surface area contributed by atoms with E-state index in [0.717, 1.165) is 37.3 Å². The van der Waals surface area contributed by atoms with Crippen LogP contribution in [0.3, 0.4) is 0 Å². The molecule has 2 heterocycles. The maximum atomic E-state index is 7.90. The fourth-order valence-corrected chi connectivity index (χ4v) is 3.48. The topological polar surface area (TPSA) is 69.2 Å². The molecule has 3 N–H and O–H groups in total. The molecule has 1 fully saturated rings. The molecule has 1 aliphatic heterocycles. The molecule has 1 aliphatic carbocycles. The molecule has 114 valence electrons. The zero-order valence-corrected chi connectivity index (χ0v) is 13.2. The standard InChI is InChI=1S/C16H25N5/c1-10-8-21(9-11(2)20(10)3)16-13(15(17)18)7-12-5-4-6-14(12)19-16/h7,10-11H,4-6,8-9H2,1-3H3,(H3,17,18). The first-order chi connectivity index (χ1) is 9.97. The molecule has 2 aliphatic rings. The van der Waals surface area contributed by atoms with Crippen LogP contribution in [-0.2, 0) is 12.8 Å². The largest absolute Gasteiger partial charge is 0.384 e. The Kier molecular flexibility index (Phi) is 3.61. The van der Waals surface area contributed by atoms with E-state index in [1.165, 1.54) is 17.7 Å². The Labute approximate surface area is 126 Å². The summed E-state index contributed by atoms with van der Waals surface area (Å²) in [5, 5.41) is 7.90. The number of rotatable bonds is 2. The summed E-state index contributed by atoms with van der Waals surface area (Å²) in [6.45, 7) is 6.35. The minimum absolute atomic E-state index is 0.131. The number of hydrogen-bond acceptors (Lipinski definition) is 4. The first-order valence-electron chi connectivity index (χ1n) is 7.81. The molecule has 0 spiro atoms. The van der Waals surface area contributed by atoms with Crippen LogP contribution in [0, 0.1) is 5.41 Å². The molecule has 0 saturated carbocycles. The number of aryl methyl sites for hydroxylation is 2. The summed E-state index contributed by atoms with van der Waals surface area (Å²) in [5.74, 6) is 1.04. The van der Waals surface area contributed by atoms with E-state index < -0.39 is 0 Å². The van der Waals surface area contributed by atoms with Crippen molar-refractivity contribution in [2.75, 3.05) is 25.0 Å². The third-order valence-electron chi connectivity index (χ3n) is 4.98. The number of nitrogens with one attached hydrogen (secondary N) is 1. The summed E-state index contributed by atoms with van der Waals surface area (Å²) in [5.41, 5.74) is 9.10. The van der Waals surface area contributed by atoms with Gasteiger partial charge in [-0.25, -0.2) is 4.98 Å². The summed E-state index contributed by atoms with van der Waals surface area (Å²) in [4.78, 5) is 9.59. The number of likely N-dealkylation sites (N-methyl/N-ethyl adjacent to an activating group) is 1. The smallest absolute Gasteiger partial charge is 0.139 e. The number of amidine groups is 1. The molecule has 5 nitrogen and oxygen atoms in total. The van der Waals surface area contributed by atoms with Gasteiger partial charge in [0.1, 0.15) is 11.7 Å². The lowest BCUT2D eigenvalue weighted by atomic mass is 10.1. The van der Waals surface area contributed by atoms with Gasteiger partial charge in [0.25, 0.3) is 0 Å². The molecule has 0 radical (unpaired) electrons. The Balaban J connectivity index is 1.99. The van der Waals surface area contributed by atoms with Gasteiger partial charge in [0.05, 0.1) is 5.56 Å². The van der Waals surface area contributed by atoms with E-state index in [0.29, 0.717) is 12.1 Å². The Hall–Kier alpha value is -1.62. The van der Waals surface area contributed by atoms with Gasteiger partial charge in [0.2, 0.25) is 0 Å². The number of nitrogens with zero attached hydrogens (tertiary/aromatic N) is 3. The van der Waals surface area contributed by atoms with Gasteiger partial charge in [-0.15, -0.1) is 0 Å². The van der Waals surface area contributed by atoms with Gasteiger partial charge < -0.3 is 10.6 Å². The van der Waals surface area contributed by atoms with E-state index >= 15 is 0 Å². The summed E-state index contributed by atoms with van der Waals surface area (Å²) in [7, 11) is 2.18. The average molecular weight is 287 g/mol. The highest BCUT2D eigenvalue weighted by Crippen LogP contribution is 2.29. The van der Waals surface area contributed by atoms with Gasteiger partial charge in [-0.3, -0.25) is 10.3 Å². The van der Waals surface area contributed by atoms with Crippen LogP contribution in [0.5, 0.6) is 0 Å². The highest BCUT2D eigenvalue weighted by molar-refractivity contribution is 6.00. The zero-order chi connectivity index (χ0) is 15.1. The van der Waals surface area contributed by atoms with Gasteiger partial charge in [-0.05, 0) is 51.8 Å². The van der Waals surface area contributed by atoms with Crippen molar-refractivity contribution < 1.29 is 0 Å². The Morgan fingerprint density at radius 3 is 2.57 bits per heavy atom. The van der Waals surface area contributed by atoms with Crippen LogP contribution in [0.25, 0.3) is 0 Å². The van der Waals surface area contributed by atoms with Crippen molar-refractivity contribution in [2.45, 2.75) is 45.2 Å². The monoisotopic (exact) mass is 287 g/mol. The van der Waals surface area contributed by atoms with Crippen LogP contribution in [-0.4, -0.2) is 47.9 Å². The molecule has 21 heavy (non-hydrogen) atoms. The fraction of sp³-hybridized carbons (Fsp3) is 0.625. The Morgan fingerprint density at radius 2 is 1.95 bits per heavy atom. The molecule has 0 aromatic carbocycles. The maximum absolute atomic E-state index is 7.90. The zero-order valence-electron chi connectivity index (χ0n) is 13.2. The van der Waals surface area contributed by atoms with E-state index in [9.17, 15) is 0 Å². The van der Waals surface area contributed by atoms with Gasteiger partial charge >= 0.3 is 0 Å². The van der Waals surface area contributed by atoms with Gasteiger partial charge in [-0.2, -0.15) is 0 Å². The quantitative estimate of drug-likeness (QED) is 0.637. The van der Waals surface area contributed by atoms with Crippen LogP contribution < -0.4 is 10.6 Å². The Bertz CT molecular complexity index is 556. The molecule has 2 unspecified atom stereocenters. The van der Waals surface area contributed by atoms with Crippen molar-refractivity contribution in [3.63, 3.8) is 0 Å². The highest BCUT2D eigenvalue weighted by atomic mass is 15.3.